The number of amides is 2. The number of carbonyl (C=O) groups excluding carboxylic acids is 2. The summed E-state index contributed by atoms with van der Waals surface area (Å²) < 4.78 is 2.03. The number of amidine groups is 1. The molecule has 37 heavy (non-hydrogen) atoms. The highest BCUT2D eigenvalue weighted by Crippen LogP contribution is 2.39. The van der Waals surface area contributed by atoms with Crippen LogP contribution in [0.2, 0.25) is 0 Å². The average Bonchev–Trinajstić information content (AvgIpc) is 3.44. The molecule has 1 N–H and O–H groups in total. The van der Waals surface area contributed by atoms with E-state index in [0.29, 0.717) is 4.91 Å². The Morgan fingerprint density at radius 1 is 0.973 bits per heavy atom. The number of nitro groups is 1. The van der Waals surface area contributed by atoms with Crippen molar-refractivity contribution in [2.45, 2.75) is 6.92 Å². The second-order valence-corrected chi connectivity index (χ2v) is 9.22. The van der Waals surface area contributed by atoms with E-state index in [2.05, 4.69) is 10.3 Å². The molecule has 2 amide bonds. The second-order valence-electron chi connectivity index (χ2n) is 8.19. The highest BCUT2D eigenvalue weighted by molar-refractivity contribution is 8.18. The van der Waals surface area contributed by atoms with Crippen LogP contribution in [-0.2, 0) is 9.59 Å². The number of benzene rings is 3. The molecule has 9 heteroatoms. The van der Waals surface area contributed by atoms with Crippen LogP contribution in [0, 0.1) is 10.1 Å². The van der Waals surface area contributed by atoms with Crippen LogP contribution in [0.5, 0.6) is 0 Å². The molecule has 3 aromatic carbocycles. The van der Waals surface area contributed by atoms with Crippen molar-refractivity contribution in [1.82, 2.24) is 9.88 Å². The summed E-state index contributed by atoms with van der Waals surface area (Å²) in [5.74, 6) is -0.738. The van der Waals surface area contributed by atoms with Crippen LogP contribution in [0.3, 0.4) is 0 Å². The van der Waals surface area contributed by atoms with Crippen molar-refractivity contribution >= 4 is 40.5 Å². The molecule has 4 aromatic rings. The quantitative estimate of drug-likeness (QED) is 0.207. The number of nitro benzene ring substituents is 1. The van der Waals surface area contributed by atoms with Crippen LogP contribution < -0.4 is 5.32 Å². The fraction of sp³-hybridized carbons (Fsp3) is 0.0357. The smallest absolute Gasteiger partial charge is 0.286 e. The lowest BCUT2D eigenvalue weighted by Gasteiger charge is -2.15. The van der Waals surface area contributed by atoms with Crippen LogP contribution in [0.4, 0.5) is 5.69 Å². The van der Waals surface area contributed by atoms with Gasteiger partial charge in [0.1, 0.15) is 0 Å². The molecule has 0 fully saturated rings. The van der Waals surface area contributed by atoms with Crippen molar-refractivity contribution in [3.05, 3.63) is 112 Å². The molecule has 0 spiro atoms. The Kier molecular flexibility index (Phi) is 6.53. The zero-order valence-corrected chi connectivity index (χ0v) is 20.4. The van der Waals surface area contributed by atoms with Crippen molar-refractivity contribution in [3.8, 4) is 28.2 Å². The lowest BCUT2D eigenvalue weighted by Crippen LogP contribution is -2.23. The molecule has 0 atom stereocenters. The molecule has 182 valence electrons. The summed E-state index contributed by atoms with van der Waals surface area (Å²) in [5.41, 5.74) is 4.97. The van der Waals surface area contributed by atoms with Gasteiger partial charge in [0.05, 0.1) is 21.2 Å². The number of nitrogens with zero attached hydrogens (tertiary/aromatic N) is 3. The zero-order valence-electron chi connectivity index (χ0n) is 19.6. The van der Waals surface area contributed by atoms with E-state index in [1.807, 2.05) is 71.3 Å². The van der Waals surface area contributed by atoms with Crippen molar-refractivity contribution in [3.63, 3.8) is 0 Å². The van der Waals surface area contributed by atoms with Gasteiger partial charge in [0, 0.05) is 30.3 Å². The van der Waals surface area contributed by atoms with E-state index in [-0.39, 0.29) is 16.8 Å². The summed E-state index contributed by atoms with van der Waals surface area (Å²) in [5, 5.41) is 14.1. The van der Waals surface area contributed by atoms with Crippen LogP contribution in [0.15, 0.2) is 101 Å². The molecular formula is C28H20N4O4S. The molecule has 5 rings (SSSR count). The number of rotatable bonds is 5. The van der Waals surface area contributed by atoms with Gasteiger partial charge in [-0.2, -0.15) is 4.99 Å². The lowest BCUT2D eigenvalue weighted by molar-refractivity contribution is -0.384. The van der Waals surface area contributed by atoms with Gasteiger partial charge in [0.2, 0.25) is 5.91 Å². The largest absolute Gasteiger partial charge is 0.309 e. The number of thioether (sulfide) groups is 1. The molecular weight excluding hydrogens is 488 g/mol. The van der Waals surface area contributed by atoms with E-state index in [1.165, 1.54) is 19.1 Å². The molecule has 0 aliphatic carbocycles. The first kappa shape index (κ1) is 24.0. The van der Waals surface area contributed by atoms with Crippen molar-refractivity contribution in [2.24, 2.45) is 4.99 Å². The van der Waals surface area contributed by atoms with E-state index in [1.54, 1.807) is 18.2 Å². The zero-order chi connectivity index (χ0) is 25.9. The number of aliphatic imine (C=N–C) groups is 1. The maximum Gasteiger partial charge on any atom is 0.286 e. The minimum Gasteiger partial charge on any atom is -0.309 e. The Morgan fingerprint density at radius 2 is 1.59 bits per heavy atom. The van der Waals surface area contributed by atoms with E-state index < -0.39 is 10.8 Å². The van der Waals surface area contributed by atoms with Gasteiger partial charge < -0.3 is 9.88 Å². The molecule has 0 radical (unpaired) electrons. The molecule has 1 aliphatic heterocycles. The Bertz CT molecular complexity index is 1570. The average molecular weight is 509 g/mol. The Balaban J connectivity index is 1.74. The minimum absolute atomic E-state index is 0.00336. The third-order valence-corrected chi connectivity index (χ3v) is 6.55. The first-order chi connectivity index (χ1) is 17.9. The first-order valence-corrected chi connectivity index (χ1v) is 12.1. The summed E-state index contributed by atoms with van der Waals surface area (Å²) >= 11 is 1.10. The number of non-ortho nitro benzene ring substituents is 1. The van der Waals surface area contributed by atoms with Gasteiger partial charge in [0.15, 0.2) is 5.17 Å². The minimum atomic E-state index is -0.433. The number of aromatic nitrogens is 1. The predicted molar refractivity (Wildman–Crippen MR) is 145 cm³/mol. The molecule has 0 saturated heterocycles. The normalized spacial score (nSPS) is 14.0. The molecule has 0 bridgehead atoms. The van der Waals surface area contributed by atoms with E-state index in [0.717, 1.165) is 45.5 Å². The van der Waals surface area contributed by atoms with Crippen molar-refractivity contribution in [1.29, 1.82) is 0 Å². The Labute approximate surface area is 216 Å². The molecule has 2 heterocycles. The van der Waals surface area contributed by atoms with Gasteiger partial charge in [-0.15, -0.1) is 0 Å². The molecule has 0 unspecified atom stereocenters. The third kappa shape index (κ3) is 4.98. The SMILES string of the molecule is CC(=O)NC1=NC(=O)/C(=C\c2cc(-c3ccccc3)n(-c3ccc([N+](=O)[O-])cc3)c2-c2ccccc2)S1. The standard InChI is InChI=1S/C28H20N4O4S/c1-18(33)29-28-30-27(34)25(37-28)17-21-16-24(19-8-4-2-5-9-19)31(26(21)20-10-6-3-7-11-20)22-12-14-23(15-13-22)32(35)36/h2-17H,1H3,(H,29,30,33,34)/b25-17+. The van der Waals surface area contributed by atoms with Crippen LogP contribution in [0.1, 0.15) is 12.5 Å². The highest BCUT2D eigenvalue weighted by atomic mass is 32.2. The summed E-state index contributed by atoms with van der Waals surface area (Å²) in [7, 11) is 0. The predicted octanol–water partition coefficient (Wildman–Crippen LogP) is 5.83. The maximum absolute atomic E-state index is 12.7. The van der Waals surface area contributed by atoms with Gasteiger partial charge in [-0.05, 0) is 47.2 Å². The van der Waals surface area contributed by atoms with Crippen LogP contribution >= 0.6 is 11.8 Å². The number of nitrogens with one attached hydrogen (secondary N) is 1. The summed E-state index contributed by atoms with van der Waals surface area (Å²) in [6.07, 6.45) is 1.77. The summed E-state index contributed by atoms with van der Waals surface area (Å²) in [6.45, 7) is 1.36. The number of hydrogen-bond donors (Lipinski definition) is 1. The van der Waals surface area contributed by atoms with Gasteiger partial charge in [-0.25, -0.2) is 0 Å². The monoisotopic (exact) mass is 508 g/mol. The van der Waals surface area contributed by atoms with Crippen molar-refractivity contribution < 1.29 is 14.5 Å². The van der Waals surface area contributed by atoms with E-state index >= 15 is 0 Å². The topological polar surface area (TPSA) is 107 Å². The van der Waals surface area contributed by atoms with Gasteiger partial charge in [-0.3, -0.25) is 19.7 Å². The molecule has 0 saturated carbocycles. The Morgan fingerprint density at radius 3 is 2.19 bits per heavy atom. The first-order valence-electron chi connectivity index (χ1n) is 11.3. The van der Waals surface area contributed by atoms with Gasteiger partial charge >= 0.3 is 0 Å². The third-order valence-electron chi connectivity index (χ3n) is 5.66. The van der Waals surface area contributed by atoms with Gasteiger partial charge in [0.25, 0.3) is 11.6 Å². The van der Waals surface area contributed by atoms with Crippen LogP contribution in [0.25, 0.3) is 34.3 Å². The van der Waals surface area contributed by atoms with E-state index in [9.17, 15) is 19.7 Å². The Hall–Kier alpha value is -4.76. The van der Waals surface area contributed by atoms with Crippen LogP contribution in [-0.4, -0.2) is 26.5 Å². The second kappa shape index (κ2) is 10.1. The lowest BCUT2D eigenvalue weighted by atomic mass is 10.1. The van der Waals surface area contributed by atoms with Gasteiger partial charge in [-0.1, -0.05) is 60.7 Å². The van der Waals surface area contributed by atoms with E-state index in [4.69, 9.17) is 0 Å². The summed E-state index contributed by atoms with van der Waals surface area (Å²) in [4.78, 5) is 39.3. The molecule has 1 aromatic heterocycles. The number of hydrogen-bond acceptors (Lipinski definition) is 5. The fourth-order valence-electron chi connectivity index (χ4n) is 4.10. The number of carbonyl (C=O) groups is 2. The molecule has 8 nitrogen and oxygen atoms in total. The fourth-order valence-corrected chi connectivity index (χ4v) is 4.95. The van der Waals surface area contributed by atoms with Crippen molar-refractivity contribution in [2.75, 3.05) is 0 Å². The highest BCUT2D eigenvalue weighted by Gasteiger charge is 2.25. The molecule has 1 aliphatic rings. The maximum atomic E-state index is 12.7. The summed E-state index contributed by atoms with van der Waals surface area (Å²) in [6, 6.07) is 27.8.